The number of amides is 1. The molecule has 0 fully saturated rings. The zero-order valence-corrected chi connectivity index (χ0v) is 15.9. The first-order valence-corrected chi connectivity index (χ1v) is 8.83. The number of para-hydroxylation sites is 1. The summed E-state index contributed by atoms with van der Waals surface area (Å²) in [6.07, 6.45) is 1.83. The molecule has 1 aromatic carbocycles. The number of H-pyrrole nitrogens is 2. The molecule has 0 bridgehead atoms. The highest BCUT2D eigenvalue weighted by Crippen LogP contribution is 2.24. The number of fused-ring (bicyclic) bond motifs is 1. The third-order valence-corrected chi connectivity index (χ3v) is 4.03. The predicted octanol–water partition coefficient (Wildman–Crippen LogP) is 3.37. The lowest BCUT2D eigenvalue weighted by Gasteiger charge is -2.23. The Morgan fingerprint density at radius 3 is 2.74 bits per heavy atom. The number of hydrogen-bond donors (Lipinski definition) is 3. The molecule has 0 radical (unpaired) electrons. The van der Waals surface area contributed by atoms with Crippen LogP contribution in [0.5, 0.6) is 0 Å². The smallest absolute Gasteiger partial charge is 0.408 e. The van der Waals surface area contributed by atoms with Crippen molar-refractivity contribution in [1.29, 1.82) is 0 Å². The van der Waals surface area contributed by atoms with Crippen molar-refractivity contribution in [2.24, 2.45) is 0 Å². The summed E-state index contributed by atoms with van der Waals surface area (Å²) in [5.41, 5.74) is 1.65. The highest BCUT2D eigenvalue weighted by atomic mass is 16.6. The standard InChI is InChI=1S/C20H24N4O3/c1-12-22-17(10-18(25)23-12)16(24-19(26)27-20(2,3)4)9-13-11-21-15-8-6-5-7-14(13)15/h5-8,10-11,16,21H,9H2,1-4H3,(H,24,26)(H,22,23,25)/t16-/m0/s1. The van der Waals surface area contributed by atoms with Gasteiger partial charge in [0, 0.05) is 29.6 Å². The molecule has 0 aliphatic rings. The van der Waals surface area contributed by atoms with Gasteiger partial charge in [0.15, 0.2) is 0 Å². The molecule has 142 valence electrons. The van der Waals surface area contributed by atoms with E-state index in [2.05, 4.69) is 20.3 Å². The van der Waals surface area contributed by atoms with E-state index < -0.39 is 17.7 Å². The van der Waals surface area contributed by atoms with Gasteiger partial charge in [-0.05, 0) is 39.3 Å². The Labute approximate surface area is 157 Å². The van der Waals surface area contributed by atoms with Gasteiger partial charge in [-0.2, -0.15) is 0 Å². The summed E-state index contributed by atoms with van der Waals surface area (Å²) in [6.45, 7) is 7.12. The normalized spacial score (nSPS) is 12.7. The zero-order chi connectivity index (χ0) is 19.6. The van der Waals surface area contributed by atoms with E-state index in [9.17, 15) is 9.59 Å². The third-order valence-electron chi connectivity index (χ3n) is 4.03. The molecule has 7 heteroatoms. The maximum Gasteiger partial charge on any atom is 0.408 e. The zero-order valence-electron chi connectivity index (χ0n) is 15.9. The van der Waals surface area contributed by atoms with Crippen molar-refractivity contribution in [3.8, 4) is 0 Å². The maximum atomic E-state index is 12.3. The van der Waals surface area contributed by atoms with Gasteiger partial charge in [0.25, 0.3) is 5.56 Å². The lowest BCUT2D eigenvalue weighted by Crippen LogP contribution is -2.36. The second-order valence-electron chi connectivity index (χ2n) is 7.52. The van der Waals surface area contributed by atoms with Crippen molar-refractivity contribution in [3.63, 3.8) is 0 Å². The summed E-state index contributed by atoms with van der Waals surface area (Å²) in [5, 5.41) is 3.92. The Morgan fingerprint density at radius 2 is 2.04 bits per heavy atom. The van der Waals surface area contributed by atoms with Crippen LogP contribution in [0, 0.1) is 6.92 Å². The number of aromatic amines is 2. The summed E-state index contributed by atoms with van der Waals surface area (Å²) in [6, 6.07) is 8.84. The molecule has 2 heterocycles. The van der Waals surface area contributed by atoms with Crippen molar-refractivity contribution < 1.29 is 9.53 Å². The second-order valence-corrected chi connectivity index (χ2v) is 7.52. The molecule has 0 aliphatic heterocycles. The monoisotopic (exact) mass is 368 g/mol. The van der Waals surface area contributed by atoms with E-state index in [0.717, 1.165) is 16.5 Å². The number of aryl methyl sites for hydroxylation is 1. The van der Waals surface area contributed by atoms with Gasteiger partial charge in [0.2, 0.25) is 0 Å². The lowest BCUT2D eigenvalue weighted by molar-refractivity contribution is 0.0502. The van der Waals surface area contributed by atoms with Gasteiger partial charge in [-0.1, -0.05) is 18.2 Å². The molecule has 3 N–H and O–H groups in total. The predicted molar refractivity (Wildman–Crippen MR) is 104 cm³/mol. The lowest BCUT2D eigenvalue weighted by atomic mass is 10.0. The summed E-state index contributed by atoms with van der Waals surface area (Å²) in [4.78, 5) is 34.5. The molecule has 2 aromatic heterocycles. The van der Waals surface area contributed by atoms with Gasteiger partial charge in [0.05, 0.1) is 11.7 Å². The number of alkyl carbamates (subject to hydrolysis) is 1. The number of carbonyl (C=O) groups is 1. The molecule has 7 nitrogen and oxygen atoms in total. The average Bonchev–Trinajstić information content (AvgIpc) is 2.95. The fourth-order valence-electron chi connectivity index (χ4n) is 2.98. The average molecular weight is 368 g/mol. The van der Waals surface area contributed by atoms with E-state index in [1.54, 1.807) is 27.7 Å². The van der Waals surface area contributed by atoms with Crippen molar-refractivity contribution in [2.75, 3.05) is 0 Å². The Hall–Kier alpha value is -3.09. The fraction of sp³-hybridized carbons (Fsp3) is 0.350. The number of hydrogen-bond acceptors (Lipinski definition) is 4. The molecule has 27 heavy (non-hydrogen) atoms. The summed E-state index contributed by atoms with van der Waals surface area (Å²) < 4.78 is 5.39. The van der Waals surface area contributed by atoms with E-state index in [-0.39, 0.29) is 5.56 Å². The van der Waals surface area contributed by atoms with Crippen LogP contribution in [0.2, 0.25) is 0 Å². The quantitative estimate of drug-likeness (QED) is 0.657. The molecule has 0 aliphatic carbocycles. The number of benzene rings is 1. The van der Waals surface area contributed by atoms with Crippen LogP contribution in [0.15, 0.2) is 41.3 Å². The van der Waals surface area contributed by atoms with E-state index in [4.69, 9.17) is 4.74 Å². The molecular formula is C20H24N4O3. The second kappa shape index (κ2) is 7.26. The van der Waals surface area contributed by atoms with E-state index in [1.807, 2.05) is 30.5 Å². The molecule has 1 atom stereocenters. The van der Waals surface area contributed by atoms with Gasteiger partial charge in [-0.15, -0.1) is 0 Å². The Morgan fingerprint density at radius 1 is 1.30 bits per heavy atom. The molecular weight excluding hydrogens is 344 g/mol. The summed E-state index contributed by atoms with van der Waals surface area (Å²) >= 11 is 0. The molecule has 1 amide bonds. The minimum atomic E-state index is -0.618. The summed E-state index contributed by atoms with van der Waals surface area (Å²) in [7, 11) is 0. The number of nitrogens with zero attached hydrogens (tertiary/aromatic N) is 1. The number of carbonyl (C=O) groups excluding carboxylic acids is 1. The van der Waals surface area contributed by atoms with E-state index in [1.165, 1.54) is 6.07 Å². The molecule has 3 rings (SSSR count). The number of aromatic nitrogens is 3. The topological polar surface area (TPSA) is 99.9 Å². The Bertz CT molecular complexity index is 1010. The minimum absolute atomic E-state index is 0.257. The third kappa shape index (κ3) is 4.75. The first-order chi connectivity index (χ1) is 12.7. The molecule has 0 saturated carbocycles. The van der Waals surface area contributed by atoms with Gasteiger partial charge in [-0.25, -0.2) is 9.78 Å². The minimum Gasteiger partial charge on any atom is -0.444 e. The Balaban J connectivity index is 1.94. The van der Waals surface area contributed by atoms with Gasteiger partial charge >= 0.3 is 6.09 Å². The van der Waals surface area contributed by atoms with Crippen molar-refractivity contribution in [1.82, 2.24) is 20.3 Å². The number of ether oxygens (including phenoxy) is 1. The van der Waals surface area contributed by atoms with Crippen LogP contribution < -0.4 is 10.9 Å². The molecule has 0 unspecified atom stereocenters. The van der Waals surface area contributed by atoms with Crippen LogP contribution >= 0.6 is 0 Å². The highest BCUT2D eigenvalue weighted by Gasteiger charge is 2.23. The van der Waals surface area contributed by atoms with E-state index in [0.29, 0.717) is 17.9 Å². The first-order valence-electron chi connectivity index (χ1n) is 8.83. The molecule has 3 aromatic rings. The number of nitrogens with one attached hydrogen (secondary N) is 3. The van der Waals surface area contributed by atoms with Crippen LogP contribution in [-0.4, -0.2) is 26.6 Å². The van der Waals surface area contributed by atoms with Crippen LogP contribution in [0.1, 0.15) is 43.9 Å². The Kier molecular flexibility index (Phi) is 5.03. The van der Waals surface area contributed by atoms with Gasteiger partial charge in [0.1, 0.15) is 11.4 Å². The van der Waals surface area contributed by atoms with E-state index >= 15 is 0 Å². The first kappa shape index (κ1) is 18.7. The highest BCUT2D eigenvalue weighted by molar-refractivity contribution is 5.83. The van der Waals surface area contributed by atoms with Crippen molar-refractivity contribution in [3.05, 3.63) is 64.0 Å². The van der Waals surface area contributed by atoms with Crippen LogP contribution in [0.4, 0.5) is 4.79 Å². The number of rotatable bonds is 4. The molecule has 0 spiro atoms. The fourth-order valence-corrected chi connectivity index (χ4v) is 2.98. The van der Waals surface area contributed by atoms with Gasteiger partial charge < -0.3 is 20.0 Å². The SMILES string of the molecule is Cc1nc([C@H](Cc2c[nH]c3ccccc23)NC(=O)OC(C)(C)C)cc(=O)[nH]1. The van der Waals surface area contributed by atoms with Crippen LogP contribution in [-0.2, 0) is 11.2 Å². The van der Waals surface area contributed by atoms with Gasteiger partial charge in [-0.3, -0.25) is 4.79 Å². The van der Waals surface area contributed by atoms with Crippen LogP contribution in [0.3, 0.4) is 0 Å². The summed E-state index contributed by atoms with van der Waals surface area (Å²) in [5.74, 6) is 0.493. The van der Waals surface area contributed by atoms with Crippen LogP contribution in [0.25, 0.3) is 10.9 Å². The van der Waals surface area contributed by atoms with Crippen molar-refractivity contribution >= 4 is 17.0 Å². The molecule has 0 saturated heterocycles. The largest absolute Gasteiger partial charge is 0.444 e. The van der Waals surface area contributed by atoms with Crippen molar-refractivity contribution in [2.45, 2.75) is 45.8 Å². The maximum absolute atomic E-state index is 12.3.